The third-order valence-corrected chi connectivity index (χ3v) is 4.97. The Hall–Kier alpha value is -1.59. The molecule has 1 aromatic rings. The van der Waals surface area contributed by atoms with E-state index in [1.807, 2.05) is 27.7 Å². The standard InChI is InChI=1S/C20H31N3O2.ClH/c1-13-7-14(2)18(15(3)8-13)23-10-16(9-17(23)24)19(25)22(6)12-20(4,5)11-21;/h7-8,16H,9-12,21H2,1-6H3;1H. The molecule has 2 amide bonds. The van der Waals surface area contributed by atoms with Crippen LogP contribution in [0.1, 0.15) is 37.0 Å². The Morgan fingerprint density at radius 1 is 1.27 bits per heavy atom. The fraction of sp³-hybridized carbons (Fsp3) is 0.600. The minimum Gasteiger partial charge on any atom is -0.345 e. The van der Waals surface area contributed by atoms with E-state index in [0.717, 1.165) is 16.8 Å². The molecular formula is C20H32ClN3O2. The van der Waals surface area contributed by atoms with E-state index in [4.69, 9.17) is 5.73 Å². The van der Waals surface area contributed by atoms with E-state index in [1.165, 1.54) is 5.56 Å². The van der Waals surface area contributed by atoms with Crippen molar-refractivity contribution in [2.24, 2.45) is 17.1 Å². The van der Waals surface area contributed by atoms with Crippen LogP contribution in [-0.2, 0) is 9.59 Å². The SMILES string of the molecule is Cc1cc(C)c(N2CC(C(=O)N(C)CC(C)(C)CN)CC2=O)c(C)c1.Cl. The lowest BCUT2D eigenvalue weighted by molar-refractivity contribution is -0.135. The Bertz CT molecular complexity index is 665. The van der Waals surface area contributed by atoms with Gasteiger partial charge in [0.15, 0.2) is 0 Å². The zero-order valence-electron chi connectivity index (χ0n) is 16.8. The quantitative estimate of drug-likeness (QED) is 0.852. The molecular weight excluding hydrogens is 350 g/mol. The van der Waals surface area contributed by atoms with Crippen LogP contribution in [0, 0.1) is 32.1 Å². The highest BCUT2D eigenvalue weighted by atomic mass is 35.5. The number of rotatable bonds is 5. The summed E-state index contributed by atoms with van der Waals surface area (Å²) in [6.45, 7) is 11.7. The average molecular weight is 382 g/mol. The van der Waals surface area contributed by atoms with Crippen LogP contribution in [0.25, 0.3) is 0 Å². The van der Waals surface area contributed by atoms with Gasteiger partial charge < -0.3 is 15.5 Å². The Balaban J connectivity index is 0.00000338. The monoisotopic (exact) mass is 381 g/mol. The number of carbonyl (C=O) groups is 2. The van der Waals surface area contributed by atoms with Crippen LogP contribution in [0.3, 0.4) is 0 Å². The lowest BCUT2D eigenvalue weighted by atomic mass is 9.92. The Morgan fingerprint density at radius 2 is 1.81 bits per heavy atom. The molecule has 0 aromatic heterocycles. The lowest BCUT2D eigenvalue weighted by Gasteiger charge is -2.30. The highest BCUT2D eigenvalue weighted by Crippen LogP contribution is 2.32. The van der Waals surface area contributed by atoms with Crippen molar-refractivity contribution in [3.8, 4) is 0 Å². The molecule has 2 N–H and O–H groups in total. The zero-order valence-corrected chi connectivity index (χ0v) is 17.6. The van der Waals surface area contributed by atoms with Gasteiger partial charge in [0, 0.05) is 32.2 Å². The van der Waals surface area contributed by atoms with Crippen molar-refractivity contribution >= 4 is 29.9 Å². The van der Waals surface area contributed by atoms with Crippen LogP contribution in [0.5, 0.6) is 0 Å². The normalized spacial score (nSPS) is 17.3. The maximum Gasteiger partial charge on any atom is 0.227 e. The van der Waals surface area contributed by atoms with Gasteiger partial charge in [-0.15, -0.1) is 12.4 Å². The van der Waals surface area contributed by atoms with E-state index in [1.54, 1.807) is 16.8 Å². The van der Waals surface area contributed by atoms with E-state index >= 15 is 0 Å². The average Bonchev–Trinajstić information content (AvgIpc) is 2.87. The summed E-state index contributed by atoms with van der Waals surface area (Å²) < 4.78 is 0. The first-order valence-corrected chi connectivity index (χ1v) is 8.89. The molecule has 146 valence electrons. The highest BCUT2D eigenvalue weighted by Gasteiger charge is 2.38. The van der Waals surface area contributed by atoms with Crippen molar-refractivity contribution in [2.45, 2.75) is 41.0 Å². The molecule has 6 heteroatoms. The van der Waals surface area contributed by atoms with Gasteiger partial charge >= 0.3 is 0 Å². The lowest BCUT2D eigenvalue weighted by Crippen LogP contribution is -2.42. The smallest absolute Gasteiger partial charge is 0.227 e. The van der Waals surface area contributed by atoms with Crippen molar-refractivity contribution in [1.29, 1.82) is 0 Å². The number of nitrogens with zero attached hydrogens (tertiary/aromatic N) is 2. The predicted octanol–water partition coefficient (Wildman–Crippen LogP) is 2.83. The molecule has 1 aliphatic heterocycles. The fourth-order valence-corrected chi connectivity index (χ4v) is 3.78. The molecule has 26 heavy (non-hydrogen) atoms. The van der Waals surface area contributed by atoms with Crippen molar-refractivity contribution in [3.05, 3.63) is 28.8 Å². The summed E-state index contributed by atoms with van der Waals surface area (Å²) in [5.41, 5.74) is 9.94. The number of benzene rings is 1. The van der Waals surface area contributed by atoms with Crippen molar-refractivity contribution in [3.63, 3.8) is 0 Å². The number of aryl methyl sites for hydroxylation is 3. The molecule has 0 saturated carbocycles. The molecule has 1 unspecified atom stereocenters. The zero-order chi connectivity index (χ0) is 18.9. The Labute approximate surface area is 163 Å². The van der Waals surface area contributed by atoms with Gasteiger partial charge in [0.05, 0.1) is 5.92 Å². The van der Waals surface area contributed by atoms with Crippen molar-refractivity contribution < 1.29 is 9.59 Å². The van der Waals surface area contributed by atoms with Crippen LogP contribution in [0.4, 0.5) is 5.69 Å². The minimum atomic E-state index is -0.286. The second-order valence-electron chi connectivity index (χ2n) is 8.22. The second kappa shape index (κ2) is 8.40. The van der Waals surface area contributed by atoms with Crippen LogP contribution in [-0.4, -0.2) is 43.4 Å². The predicted molar refractivity (Wildman–Crippen MR) is 109 cm³/mol. The van der Waals surface area contributed by atoms with Crippen LogP contribution in [0.15, 0.2) is 12.1 Å². The molecule has 1 aliphatic rings. The van der Waals surface area contributed by atoms with Crippen LogP contribution >= 0.6 is 12.4 Å². The van der Waals surface area contributed by atoms with E-state index in [9.17, 15) is 9.59 Å². The first-order chi connectivity index (χ1) is 11.6. The molecule has 5 nitrogen and oxygen atoms in total. The third kappa shape index (κ3) is 4.77. The number of halogens is 1. The summed E-state index contributed by atoms with van der Waals surface area (Å²) in [7, 11) is 1.80. The van der Waals surface area contributed by atoms with Gasteiger partial charge in [0.2, 0.25) is 11.8 Å². The van der Waals surface area contributed by atoms with Crippen molar-refractivity contribution in [1.82, 2.24) is 4.90 Å². The first-order valence-electron chi connectivity index (χ1n) is 8.89. The summed E-state index contributed by atoms with van der Waals surface area (Å²) in [6.07, 6.45) is 0.277. The molecule has 0 bridgehead atoms. The molecule has 1 aromatic carbocycles. The van der Waals surface area contributed by atoms with Gasteiger partial charge in [0.1, 0.15) is 0 Å². The number of nitrogens with two attached hydrogens (primary N) is 1. The van der Waals surface area contributed by atoms with Crippen LogP contribution in [0.2, 0.25) is 0 Å². The fourth-order valence-electron chi connectivity index (χ4n) is 3.78. The number of hydrogen-bond acceptors (Lipinski definition) is 3. The van der Waals surface area contributed by atoms with Gasteiger partial charge in [-0.1, -0.05) is 31.5 Å². The van der Waals surface area contributed by atoms with E-state index in [2.05, 4.69) is 19.1 Å². The molecule has 1 heterocycles. The van der Waals surface area contributed by atoms with Gasteiger partial charge in [-0.25, -0.2) is 0 Å². The summed E-state index contributed by atoms with van der Waals surface area (Å²) in [6, 6.07) is 4.17. The maximum absolute atomic E-state index is 12.8. The molecule has 2 rings (SSSR count). The molecule has 1 saturated heterocycles. The van der Waals surface area contributed by atoms with Crippen molar-refractivity contribution in [2.75, 3.05) is 31.6 Å². The van der Waals surface area contributed by atoms with Gasteiger partial charge in [0.25, 0.3) is 0 Å². The Morgan fingerprint density at radius 3 is 2.31 bits per heavy atom. The minimum absolute atomic E-state index is 0. The van der Waals surface area contributed by atoms with Gasteiger partial charge in [-0.3, -0.25) is 9.59 Å². The summed E-state index contributed by atoms with van der Waals surface area (Å²) in [4.78, 5) is 28.9. The molecule has 1 fully saturated rings. The molecule has 1 atom stereocenters. The highest BCUT2D eigenvalue weighted by molar-refractivity contribution is 6.01. The first kappa shape index (κ1) is 22.5. The summed E-state index contributed by atoms with van der Waals surface area (Å²) in [5.74, 6) is -0.231. The van der Waals surface area contributed by atoms with E-state index in [0.29, 0.717) is 19.6 Å². The molecule has 0 aliphatic carbocycles. The maximum atomic E-state index is 12.8. The second-order valence-corrected chi connectivity index (χ2v) is 8.22. The van der Waals surface area contributed by atoms with E-state index in [-0.39, 0.29) is 42.0 Å². The number of carbonyl (C=O) groups excluding carboxylic acids is 2. The molecule has 0 spiro atoms. The summed E-state index contributed by atoms with van der Waals surface area (Å²) >= 11 is 0. The number of anilines is 1. The number of hydrogen-bond donors (Lipinski definition) is 1. The summed E-state index contributed by atoms with van der Waals surface area (Å²) in [5, 5.41) is 0. The largest absolute Gasteiger partial charge is 0.345 e. The van der Waals surface area contributed by atoms with E-state index < -0.39 is 0 Å². The number of amides is 2. The topological polar surface area (TPSA) is 66.6 Å². The third-order valence-electron chi connectivity index (χ3n) is 4.97. The van der Waals surface area contributed by atoms with Gasteiger partial charge in [-0.05, 0) is 43.9 Å². The van der Waals surface area contributed by atoms with Gasteiger partial charge in [-0.2, -0.15) is 0 Å². The molecule has 0 radical (unpaired) electrons. The van der Waals surface area contributed by atoms with Crippen LogP contribution < -0.4 is 10.6 Å². The Kier molecular flexibility index (Phi) is 7.25.